The van der Waals surface area contributed by atoms with Crippen LogP contribution in [-0.4, -0.2) is 42.1 Å². The smallest absolute Gasteiger partial charge is 0.407 e. The summed E-state index contributed by atoms with van der Waals surface area (Å²) in [7, 11) is 0. The van der Waals surface area contributed by atoms with Crippen molar-refractivity contribution in [3.05, 3.63) is 35.9 Å². The largest absolute Gasteiger partial charge is 0.445 e. The molecule has 0 bridgehead atoms. The standard InChI is InChI=1S/C16H23N3O3/c1-12(17)15(20)19-9-5-8-14(19)10-18-16(21)22-11-13-6-3-2-4-7-13/h2-4,6-7,12,14H,5,8-11,17H2,1H3,(H,18,21). The van der Waals surface area contributed by atoms with Gasteiger partial charge in [-0.25, -0.2) is 4.79 Å². The van der Waals surface area contributed by atoms with Gasteiger partial charge in [-0.3, -0.25) is 4.79 Å². The summed E-state index contributed by atoms with van der Waals surface area (Å²) in [4.78, 5) is 25.4. The normalized spacial score (nSPS) is 18.8. The first kappa shape index (κ1) is 16.3. The van der Waals surface area contributed by atoms with Crippen LogP contribution in [0.15, 0.2) is 30.3 Å². The third kappa shape index (κ3) is 4.46. The van der Waals surface area contributed by atoms with E-state index < -0.39 is 12.1 Å². The Morgan fingerprint density at radius 3 is 2.82 bits per heavy atom. The molecule has 3 N–H and O–H groups in total. The fourth-order valence-electron chi connectivity index (χ4n) is 2.57. The molecule has 2 rings (SSSR count). The SMILES string of the molecule is CC(N)C(=O)N1CCCC1CNC(=O)OCc1ccccc1. The molecule has 0 aromatic heterocycles. The van der Waals surface area contributed by atoms with Crippen LogP contribution < -0.4 is 11.1 Å². The Morgan fingerprint density at radius 2 is 2.14 bits per heavy atom. The zero-order chi connectivity index (χ0) is 15.9. The predicted octanol–water partition coefficient (Wildman–Crippen LogP) is 1.25. The number of carbonyl (C=O) groups is 2. The zero-order valence-corrected chi connectivity index (χ0v) is 12.8. The van der Waals surface area contributed by atoms with Gasteiger partial charge >= 0.3 is 6.09 Å². The number of hydrogen-bond donors (Lipinski definition) is 2. The Labute approximate surface area is 130 Å². The molecule has 0 radical (unpaired) electrons. The lowest BCUT2D eigenvalue weighted by Gasteiger charge is -2.26. The van der Waals surface area contributed by atoms with Gasteiger partial charge in [0.15, 0.2) is 0 Å². The van der Waals surface area contributed by atoms with Crippen molar-refractivity contribution in [1.82, 2.24) is 10.2 Å². The monoisotopic (exact) mass is 305 g/mol. The molecule has 120 valence electrons. The highest BCUT2D eigenvalue weighted by Crippen LogP contribution is 2.17. The zero-order valence-electron chi connectivity index (χ0n) is 12.8. The molecule has 1 aliphatic heterocycles. The summed E-state index contributed by atoms with van der Waals surface area (Å²) in [6.45, 7) is 3.01. The van der Waals surface area contributed by atoms with Crippen LogP contribution in [0.1, 0.15) is 25.3 Å². The van der Waals surface area contributed by atoms with E-state index in [4.69, 9.17) is 10.5 Å². The van der Waals surface area contributed by atoms with Crippen molar-refractivity contribution in [3.63, 3.8) is 0 Å². The molecule has 2 unspecified atom stereocenters. The van der Waals surface area contributed by atoms with Crippen LogP contribution in [0.5, 0.6) is 0 Å². The second kappa shape index (κ2) is 7.79. The second-order valence-electron chi connectivity index (χ2n) is 5.56. The lowest BCUT2D eigenvalue weighted by Crippen LogP contribution is -2.48. The van der Waals surface area contributed by atoms with E-state index in [-0.39, 0.29) is 18.6 Å². The number of nitrogens with two attached hydrogens (primary N) is 1. The first-order chi connectivity index (χ1) is 10.6. The maximum Gasteiger partial charge on any atom is 0.407 e. The first-order valence-electron chi connectivity index (χ1n) is 7.58. The Balaban J connectivity index is 1.74. The van der Waals surface area contributed by atoms with Gasteiger partial charge in [0.05, 0.1) is 6.04 Å². The van der Waals surface area contributed by atoms with Crippen LogP contribution in [0, 0.1) is 0 Å². The number of amides is 2. The van der Waals surface area contributed by atoms with Crippen LogP contribution in [0.3, 0.4) is 0 Å². The average Bonchev–Trinajstić information content (AvgIpc) is 2.99. The van der Waals surface area contributed by atoms with Crippen molar-refractivity contribution in [2.45, 2.75) is 38.5 Å². The summed E-state index contributed by atoms with van der Waals surface area (Å²) in [5.41, 5.74) is 6.58. The summed E-state index contributed by atoms with van der Waals surface area (Å²) < 4.78 is 5.15. The van der Waals surface area contributed by atoms with Gasteiger partial charge in [-0.05, 0) is 25.3 Å². The molecular formula is C16H23N3O3. The summed E-state index contributed by atoms with van der Waals surface area (Å²) in [6.07, 6.45) is 1.34. The van der Waals surface area contributed by atoms with E-state index in [0.717, 1.165) is 18.4 Å². The van der Waals surface area contributed by atoms with Gasteiger partial charge < -0.3 is 20.7 Å². The van der Waals surface area contributed by atoms with E-state index in [1.54, 1.807) is 11.8 Å². The van der Waals surface area contributed by atoms with Crippen LogP contribution in [0.4, 0.5) is 4.79 Å². The average molecular weight is 305 g/mol. The van der Waals surface area contributed by atoms with Gasteiger partial charge in [0.25, 0.3) is 0 Å². The summed E-state index contributed by atoms with van der Waals surface area (Å²) in [6, 6.07) is 8.99. The van der Waals surface area contributed by atoms with Crippen molar-refractivity contribution in [2.24, 2.45) is 5.73 Å². The molecule has 1 saturated heterocycles. The van der Waals surface area contributed by atoms with E-state index in [1.807, 2.05) is 30.3 Å². The number of likely N-dealkylation sites (tertiary alicyclic amines) is 1. The molecule has 1 aromatic carbocycles. The lowest BCUT2D eigenvalue weighted by molar-refractivity contribution is -0.132. The van der Waals surface area contributed by atoms with E-state index in [2.05, 4.69) is 5.32 Å². The summed E-state index contributed by atoms with van der Waals surface area (Å²) >= 11 is 0. The third-order valence-corrected chi connectivity index (χ3v) is 3.74. The fourth-order valence-corrected chi connectivity index (χ4v) is 2.57. The summed E-state index contributed by atoms with van der Waals surface area (Å²) in [5.74, 6) is -0.0676. The Bertz CT molecular complexity index is 505. The molecule has 2 amide bonds. The van der Waals surface area contributed by atoms with Crippen molar-refractivity contribution < 1.29 is 14.3 Å². The molecule has 1 aliphatic rings. The maximum absolute atomic E-state index is 12.0. The molecule has 0 spiro atoms. The predicted molar refractivity (Wildman–Crippen MR) is 83.0 cm³/mol. The molecular weight excluding hydrogens is 282 g/mol. The van der Waals surface area contributed by atoms with Crippen LogP contribution in [-0.2, 0) is 16.1 Å². The number of hydrogen-bond acceptors (Lipinski definition) is 4. The molecule has 1 fully saturated rings. The highest BCUT2D eigenvalue weighted by molar-refractivity contribution is 5.81. The number of alkyl carbamates (subject to hydrolysis) is 1. The molecule has 1 aromatic rings. The van der Waals surface area contributed by atoms with E-state index in [0.29, 0.717) is 13.1 Å². The minimum atomic E-state index is -0.509. The van der Waals surface area contributed by atoms with Crippen molar-refractivity contribution in [2.75, 3.05) is 13.1 Å². The van der Waals surface area contributed by atoms with E-state index >= 15 is 0 Å². The highest BCUT2D eigenvalue weighted by Gasteiger charge is 2.30. The van der Waals surface area contributed by atoms with E-state index in [1.165, 1.54) is 0 Å². The minimum absolute atomic E-state index is 0.00257. The van der Waals surface area contributed by atoms with E-state index in [9.17, 15) is 9.59 Å². The molecule has 0 saturated carbocycles. The van der Waals surface area contributed by atoms with Crippen molar-refractivity contribution >= 4 is 12.0 Å². The second-order valence-corrected chi connectivity index (χ2v) is 5.56. The summed E-state index contributed by atoms with van der Waals surface area (Å²) in [5, 5.41) is 2.72. The molecule has 22 heavy (non-hydrogen) atoms. The number of rotatable bonds is 5. The quantitative estimate of drug-likeness (QED) is 0.857. The number of benzene rings is 1. The fraction of sp³-hybridized carbons (Fsp3) is 0.500. The van der Waals surface area contributed by atoms with Gasteiger partial charge in [0, 0.05) is 19.1 Å². The van der Waals surface area contributed by atoms with Crippen LogP contribution in [0.25, 0.3) is 0 Å². The first-order valence-corrected chi connectivity index (χ1v) is 7.58. The van der Waals surface area contributed by atoms with Gasteiger partial charge in [0.1, 0.15) is 6.61 Å². The molecule has 2 atom stereocenters. The molecule has 1 heterocycles. The number of carbonyl (C=O) groups excluding carboxylic acids is 2. The minimum Gasteiger partial charge on any atom is -0.445 e. The van der Waals surface area contributed by atoms with Crippen LogP contribution in [0.2, 0.25) is 0 Å². The van der Waals surface area contributed by atoms with Crippen LogP contribution >= 0.6 is 0 Å². The lowest BCUT2D eigenvalue weighted by atomic mass is 10.2. The van der Waals surface area contributed by atoms with Crippen molar-refractivity contribution in [3.8, 4) is 0 Å². The topological polar surface area (TPSA) is 84.7 Å². The van der Waals surface area contributed by atoms with Gasteiger partial charge in [-0.1, -0.05) is 30.3 Å². The number of ether oxygens (including phenoxy) is 1. The maximum atomic E-state index is 12.0. The van der Waals surface area contributed by atoms with Gasteiger partial charge in [-0.2, -0.15) is 0 Å². The van der Waals surface area contributed by atoms with Gasteiger partial charge in [0.2, 0.25) is 5.91 Å². The number of nitrogens with one attached hydrogen (secondary N) is 1. The highest BCUT2D eigenvalue weighted by atomic mass is 16.5. The molecule has 6 heteroatoms. The Kier molecular flexibility index (Phi) is 5.77. The molecule has 0 aliphatic carbocycles. The third-order valence-electron chi connectivity index (χ3n) is 3.74. The Hall–Kier alpha value is -2.08. The van der Waals surface area contributed by atoms with Crippen molar-refractivity contribution in [1.29, 1.82) is 0 Å². The molecule has 6 nitrogen and oxygen atoms in total. The Morgan fingerprint density at radius 1 is 1.41 bits per heavy atom. The van der Waals surface area contributed by atoms with Gasteiger partial charge in [-0.15, -0.1) is 0 Å². The number of nitrogens with zero attached hydrogens (tertiary/aromatic N) is 1.